The third kappa shape index (κ3) is 4.50. The number of imidazole rings is 1. The van der Waals surface area contributed by atoms with Gasteiger partial charge in [-0.05, 0) is 18.9 Å². The molecule has 3 aromatic rings. The number of rotatable bonds is 8. The molecule has 1 aromatic carbocycles. The summed E-state index contributed by atoms with van der Waals surface area (Å²) in [6.07, 6.45) is 0.787. The molecule has 0 saturated carbocycles. The second-order valence-corrected chi connectivity index (χ2v) is 8.76. The second-order valence-electron chi connectivity index (χ2n) is 8.76. The Kier molecular flexibility index (Phi) is 7.18. The van der Waals surface area contributed by atoms with Crippen molar-refractivity contribution in [3.05, 3.63) is 68.0 Å². The highest BCUT2D eigenvalue weighted by atomic mass is 16.5. The van der Waals surface area contributed by atoms with Crippen LogP contribution in [0, 0.1) is 0 Å². The first-order chi connectivity index (χ1) is 17.7. The maximum Gasteiger partial charge on any atom is 0.338 e. The summed E-state index contributed by atoms with van der Waals surface area (Å²) in [6, 6.07) is 7.96. The maximum atomic E-state index is 13.3. The normalized spacial score (nSPS) is 15.8. The number of aromatic nitrogens is 4. The third-order valence-electron chi connectivity index (χ3n) is 6.39. The molecular formula is C25H31N7O5. The fraction of sp³-hybridized carbons (Fsp3) is 0.400. The van der Waals surface area contributed by atoms with Crippen molar-refractivity contribution in [2.45, 2.75) is 32.9 Å². The summed E-state index contributed by atoms with van der Waals surface area (Å²) in [4.78, 5) is 58.1. The van der Waals surface area contributed by atoms with E-state index in [9.17, 15) is 19.2 Å². The van der Waals surface area contributed by atoms with Crippen LogP contribution < -0.4 is 21.9 Å². The standard InChI is InChI=1S/C25H31N7O5/c1-6-13-26-23-28-20-19(21(33)31(5)25(36)30(20)4)32(23)14-16-17(22(34)37-7-2)18(27-24(35)29(16)3)15-11-9-8-10-12-15/h8-12,18H,6-7,13-14H2,1-5H3,(H,26,28)(H,27,35)/t18-/m1/s1. The number of ether oxygens (including phenoxy) is 1. The van der Waals surface area contributed by atoms with Crippen LogP contribution in [-0.2, 0) is 30.2 Å². The number of fused-ring (bicyclic) bond motifs is 1. The van der Waals surface area contributed by atoms with E-state index in [1.807, 2.05) is 37.3 Å². The Labute approximate surface area is 213 Å². The molecule has 0 aliphatic carbocycles. The zero-order valence-electron chi connectivity index (χ0n) is 21.6. The highest BCUT2D eigenvalue weighted by Gasteiger charge is 2.37. The molecule has 1 atom stereocenters. The minimum absolute atomic E-state index is 0.0443. The van der Waals surface area contributed by atoms with Gasteiger partial charge in [-0.25, -0.2) is 14.4 Å². The Morgan fingerprint density at radius 2 is 1.78 bits per heavy atom. The van der Waals surface area contributed by atoms with Gasteiger partial charge in [0.25, 0.3) is 5.56 Å². The molecule has 0 fully saturated rings. The number of esters is 1. The summed E-state index contributed by atoms with van der Waals surface area (Å²) in [5, 5.41) is 6.09. The Balaban J connectivity index is 2.00. The number of carbonyl (C=O) groups excluding carboxylic acids is 2. The number of benzene rings is 1. The lowest BCUT2D eigenvalue weighted by atomic mass is 9.94. The highest BCUT2D eigenvalue weighted by molar-refractivity contribution is 5.95. The van der Waals surface area contributed by atoms with E-state index in [-0.39, 0.29) is 29.9 Å². The summed E-state index contributed by atoms with van der Waals surface area (Å²) in [5.41, 5.74) is 0.653. The van der Waals surface area contributed by atoms with Crippen LogP contribution in [0.1, 0.15) is 31.9 Å². The lowest BCUT2D eigenvalue weighted by Crippen LogP contribution is -2.48. The minimum atomic E-state index is -0.757. The van der Waals surface area contributed by atoms with Crippen LogP contribution in [0.4, 0.5) is 10.7 Å². The topological polar surface area (TPSA) is 132 Å². The summed E-state index contributed by atoms with van der Waals surface area (Å²) in [7, 11) is 4.49. The van der Waals surface area contributed by atoms with E-state index in [4.69, 9.17) is 4.74 Å². The van der Waals surface area contributed by atoms with Gasteiger partial charge < -0.3 is 15.4 Å². The fourth-order valence-electron chi connectivity index (χ4n) is 4.42. The Hall–Kier alpha value is -4.35. The number of urea groups is 1. The summed E-state index contributed by atoms with van der Waals surface area (Å²) >= 11 is 0. The van der Waals surface area contributed by atoms with Gasteiger partial charge >= 0.3 is 17.7 Å². The first-order valence-electron chi connectivity index (χ1n) is 12.1. The number of allylic oxidation sites excluding steroid dienone is 1. The third-order valence-corrected chi connectivity index (χ3v) is 6.39. The molecule has 0 radical (unpaired) electrons. The van der Waals surface area contributed by atoms with E-state index in [0.717, 1.165) is 11.0 Å². The summed E-state index contributed by atoms with van der Waals surface area (Å²) < 4.78 is 9.32. The molecule has 2 aromatic heterocycles. The van der Waals surface area contributed by atoms with Gasteiger partial charge in [0.2, 0.25) is 5.95 Å². The van der Waals surface area contributed by atoms with Gasteiger partial charge in [-0.3, -0.25) is 23.4 Å². The lowest BCUT2D eigenvalue weighted by Gasteiger charge is -2.35. The van der Waals surface area contributed by atoms with Crippen LogP contribution in [0.3, 0.4) is 0 Å². The van der Waals surface area contributed by atoms with Gasteiger partial charge in [0.15, 0.2) is 11.2 Å². The van der Waals surface area contributed by atoms with Gasteiger partial charge in [0.05, 0.1) is 30.5 Å². The molecule has 0 unspecified atom stereocenters. The predicted octanol–water partition coefficient (Wildman–Crippen LogP) is 1.47. The Bertz CT molecular complexity index is 1500. The molecule has 2 amide bonds. The van der Waals surface area contributed by atoms with Gasteiger partial charge in [0.1, 0.15) is 0 Å². The number of anilines is 1. The van der Waals surface area contributed by atoms with E-state index in [2.05, 4.69) is 15.6 Å². The van der Waals surface area contributed by atoms with Gasteiger partial charge in [-0.15, -0.1) is 0 Å². The van der Waals surface area contributed by atoms with Crippen molar-refractivity contribution in [3.8, 4) is 0 Å². The molecule has 0 bridgehead atoms. The van der Waals surface area contributed by atoms with Crippen molar-refractivity contribution in [2.24, 2.45) is 14.1 Å². The molecule has 1 aliphatic heterocycles. The minimum Gasteiger partial charge on any atom is -0.463 e. The van der Waals surface area contributed by atoms with Crippen molar-refractivity contribution in [1.29, 1.82) is 0 Å². The molecular weight excluding hydrogens is 478 g/mol. The van der Waals surface area contributed by atoms with Crippen molar-refractivity contribution < 1.29 is 14.3 Å². The largest absolute Gasteiger partial charge is 0.463 e. The SMILES string of the molecule is CCCNc1nc2c(c(=O)n(C)c(=O)n2C)n1CC1=C(C(=O)OCC)[C@@H](c2ccccc2)NC(=O)N1C. The zero-order valence-corrected chi connectivity index (χ0v) is 21.6. The predicted molar refractivity (Wildman–Crippen MR) is 138 cm³/mol. The smallest absolute Gasteiger partial charge is 0.338 e. The molecule has 4 rings (SSSR count). The summed E-state index contributed by atoms with van der Waals surface area (Å²) in [6.45, 7) is 4.36. The molecule has 12 heteroatoms. The van der Waals surface area contributed by atoms with Crippen molar-refractivity contribution >= 4 is 29.1 Å². The summed E-state index contributed by atoms with van der Waals surface area (Å²) in [5.74, 6) is -0.229. The van der Waals surface area contributed by atoms with Crippen LogP contribution >= 0.6 is 0 Å². The van der Waals surface area contributed by atoms with Crippen molar-refractivity contribution in [2.75, 3.05) is 25.5 Å². The quantitative estimate of drug-likeness (QED) is 0.440. The molecule has 37 heavy (non-hydrogen) atoms. The first-order valence-corrected chi connectivity index (χ1v) is 12.1. The molecule has 196 valence electrons. The fourth-order valence-corrected chi connectivity index (χ4v) is 4.42. The maximum absolute atomic E-state index is 13.3. The Morgan fingerprint density at radius 1 is 1.08 bits per heavy atom. The van der Waals surface area contributed by atoms with Gasteiger partial charge in [0, 0.05) is 27.7 Å². The van der Waals surface area contributed by atoms with Crippen LogP contribution in [-0.4, -0.2) is 55.8 Å². The van der Waals surface area contributed by atoms with E-state index >= 15 is 0 Å². The molecule has 1 aliphatic rings. The van der Waals surface area contributed by atoms with Gasteiger partial charge in [-0.1, -0.05) is 37.3 Å². The average Bonchev–Trinajstić information content (AvgIpc) is 3.26. The number of hydrogen-bond acceptors (Lipinski definition) is 7. The van der Waals surface area contributed by atoms with Crippen molar-refractivity contribution in [3.63, 3.8) is 0 Å². The highest BCUT2D eigenvalue weighted by Crippen LogP contribution is 2.32. The Morgan fingerprint density at radius 3 is 2.43 bits per heavy atom. The number of nitrogens with zero attached hydrogens (tertiary/aromatic N) is 5. The first kappa shape index (κ1) is 25.7. The zero-order chi connectivity index (χ0) is 26.9. The van der Waals surface area contributed by atoms with Gasteiger partial charge in [-0.2, -0.15) is 4.98 Å². The van der Waals surface area contributed by atoms with E-state index < -0.39 is 29.3 Å². The molecule has 2 N–H and O–H groups in total. The monoisotopic (exact) mass is 509 g/mol. The second kappa shape index (κ2) is 10.3. The van der Waals surface area contributed by atoms with Crippen LogP contribution in [0.2, 0.25) is 0 Å². The van der Waals surface area contributed by atoms with Crippen LogP contribution in [0.5, 0.6) is 0 Å². The van der Waals surface area contributed by atoms with Crippen LogP contribution in [0.15, 0.2) is 51.2 Å². The van der Waals surface area contributed by atoms with E-state index in [0.29, 0.717) is 23.8 Å². The number of aryl methyl sites for hydroxylation is 1. The van der Waals surface area contributed by atoms with Crippen molar-refractivity contribution in [1.82, 2.24) is 28.9 Å². The van der Waals surface area contributed by atoms with E-state index in [1.54, 1.807) is 25.6 Å². The number of carbonyl (C=O) groups is 2. The molecule has 0 saturated heterocycles. The molecule has 3 heterocycles. The number of nitrogens with one attached hydrogen (secondary N) is 2. The molecule has 12 nitrogen and oxygen atoms in total. The number of hydrogen-bond donors (Lipinski definition) is 2. The average molecular weight is 510 g/mol. The number of likely N-dealkylation sites (N-methyl/N-ethyl adjacent to an activating group) is 1. The lowest BCUT2D eigenvalue weighted by molar-refractivity contribution is -0.139. The van der Waals surface area contributed by atoms with E-state index in [1.165, 1.54) is 16.5 Å². The van der Waals surface area contributed by atoms with Crippen LogP contribution in [0.25, 0.3) is 11.2 Å². The number of amides is 2. The molecule has 0 spiro atoms.